The van der Waals surface area contributed by atoms with Crippen LogP contribution in [0, 0.1) is 0 Å². The highest BCUT2D eigenvalue weighted by molar-refractivity contribution is 6.14. The number of nitrogens with zero attached hydrogens (tertiary/aromatic N) is 1. The van der Waals surface area contributed by atoms with Crippen molar-refractivity contribution in [2.45, 2.75) is 20.8 Å². The lowest BCUT2D eigenvalue weighted by Gasteiger charge is -2.28. The molecule has 0 atom stereocenters. The number of ether oxygens (including phenoxy) is 4. The number of carbonyl (C=O) groups excluding carboxylic acids is 1. The van der Waals surface area contributed by atoms with E-state index in [-0.39, 0.29) is 5.78 Å². The maximum atomic E-state index is 13.4. The van der Waals surface area contributed by atoms with Crippen molar-refractivity contribution < 1.29 is 23.7 Å². The van der Waals surface area contributed by atoms with Crippen LogP contribution in [-0.2, 0) is 4.79 Å². The molecule has 0 aromatic heterocycles. The van der Waals surface area contributed by atoms with E-state index < -0.39 is 0 Å². The van der Waals surface area contributed by atoms with Gasteiger partial charge in [-0.15, -0.1) is 0 Å². The molecule has 0 unspecified atom stereocenters. The van der Waals surface area contributed by atoms with Crippen molar-refractivity contribution in [2.75, 3.05) is 47.1 Å². The maximum Gasteiger partial charge on any atom is 0.187 e. The molecule has 0 radical (unpaired) electrons. The summed E-state index contributed by atoms with van der Waals surface area (Å²) >= 11 is 0. The van der Waals surface area contributed by atoms with Crippen LogP contribution < -0.4 is 18.9 Å². The lowest BCUT2D eigenvalue weighted by Crippen LogP contribution is -2.37. The predicted octanol–water partition coefficient (Wildman–Crippen LogP) is 4.87. The minimum Gasteiger partial charge on any atom is -0.493 e. The number of hydrogen-bond acceptors (Lipinski definition) is 6. The smallest absolute Gasteiger partial charge is 0.187 e. The van der Waals surface area contributed by atoms with Gasteiger partial charge < -0.3 is 18.9 Å². The normalized spacial score (nSPS) is 16.8. The summed E-state index contributed by atoms with van der Waals surface area (Å²) in [6, 6.07) is 11.4. The van der Waals surface area contributed by atoms with Crippen LogP contribution in [0.4, 0.5) is 0 Å². The fourth-order valence-electron chi connectivity index (χ4n) is 3.84. The second-order valence-electron chi connectivity index (χ2n) is 7.66. The largest absolute Gasteiger partial charge is 0.493 e. The molecule has 6 heteroatoms. The monoisotopic (exact) mass is 451 g/mol. The molecular formula is C27H33NO5. The Kier molecular flexibility index (Phi) is 8.55. The van der Waals surface area contributed by atoms with Crippen molar-refractivity contribution in [3.05, 3.63) is 58.7 Å². The first-order valence-electron chi connectivity index (χ1n) is 11.3. The first-order chi connectivity index (χ1) is 16.0. The van der Waals surface area contributed by atoms with Gasteiger partial charge in [-0.1, -0.05) is 19.1 Å². The van der Waals surface area contributed by atoms with Crippen LogP contribution >= 0.6 is 0 Å². The second-order valence-corrected chi connectivity index (χ2v) is 7.66. The van der Waals surface area contributed by atoms with E-state index in [1.807, 2.05) is 62.4 Å². The fourth-order valence-corrected chi connectivity index (χ4v) is 3.84. The Morgan fingerprint density at radius 3 is 1.58 bits per heavy atom. The molecule has 0 saturated carbocycles. The summed E-state index contributed by atoms with van der Waals surface area (Å²) in [6.45, 7) is 9.11. The molecule has 2 aromatic rings. The molecule has 0 aliphatic carbocycles. The van der Waals surface area contributed by atoms with Gasteiger partial charge in [-0.05, 0) is 67.9 Å². The van der Waals surface area contributed by atoms with Crippen LogP contribution in [-0.4, -0.2) is 57.8 Å². The molecule has 1 aliphatic rings. The third-order valence-electron chi connectivity index (χ3n) is 5.48. The molecule has 0 amide bonds. The summed E-state index contributed by atoms with van der Waals surface area (Å²) in [5, 5.41) is 0. The van der Waals surface area contributed by atoms with Gasteiger partial charge in [0.05, 0.1) is 27.4 Å². The molecule has 2 aromatic carbocycles. The maximum absolute atomic E-state index is 13.4. The van der Waals surface area contributed by atoms with Gasteiger partial charge in [0.2, 0.25) is 0 Å². The van der Waals surface area contributed by atoms with Gasteiger partial charge >= 0.3 is 0 Å². The number of carbonyl (C=O) groups is 1. The van der Waals surface area contributed by atoms with E-state index in [2.05, 4.69) is 11.8 Å². The van der Waals surface area contributed by atoms with Crippen molar-refractivity contribution in [3.63, 3.8) is 0 Å². The van der Waals surface area contributed by atoms with Crippen LogP contribution in [0.3, 0.4) is 0 Å². The molecule has 0 bridgehead atoms. The van der Waals surface area contributed by atoms with E-state index in [1.165, 1.54) is 0 Å². The zero-order valence-corrected chi connectivity index (χ0v) is 20.1. The van der Waals surface area contributed by atoms with Crippen LogP contribution in [0.1, 0.15) is 31.9 Å². The van der Waals surface area contributed by atoms with E-state index >= 15 is 0 Å². The van der Waals surface area contributed by atoms with Crippen LogP contribution in [0.15, 0.2) is 47.5 Å². The van der Waals surface area contributed by atoms with Gasteiger partial charge in [-0.2, -0.15) is 0 Å². The lowest BCUT2D eigenvalue weighted by atomic mass is 9.94. The molecule has 6 nitrogen and oxygen atoms in total. The fraction of sp³-hybridized carbons (Fsp3) is 0.370. The molecule has 176 valence electrons. The SMILES string of the molecule is CCOc1cc(/C=C2\CN(CC)C/C(=C\c3ccc(OC)c(OCC)c3)C2=O)ccc1OC. The summed E-state index contributed by atoms with van der Waals surface area (Å²) in [4.78, 5) is 15.6. The topological polar surface area (TPSA) is 57.2 Å². The highest BCUT2D eigenvalue weighted by atomic mass is 16.5. The Balaban J connectivity index is 1.95. The van der Waals surface area contributed by atoms with E-state index in [0.717, 1.165) is 28.8 Å². The van der Waals surface area contributed by atoms with Crippen molar-refractivity contribution in [1.29, 1.82) is 0 Å². The molecule has 1 saturated heterocycles. The van der Waals surface area contributed by atoms with Crippen LogP contribution in [0.25, 0.3) is 12.2 Å². The van der Waals surface area contributed by atoms with E-state index in [9.17, 15) is 4.79 Å². The van der Waals surface area contributed by atoms with Gasteiger partial charge in [0.15, 0.2) is 28.8 Å². The van der Waals surface area contributed by atoms with Gasteiger partial charge in [0, 0.05) is 24.2 Å². The van der Waals surface area contributed by atoms with Gasteiger partial charge in [0.25, 0.3) is 0 Å². The Labute approximate surface area is 196 Å². The Morgan fingerprint density at radius 1 is 0.758 bits per heavy atom. The quantitative estimate of drug-likeness (QED) is 0.507. The molecular weight excluding hydrogens is 418 g/mol. The van der Waals surface area contributed by atoms with Crippen molar-refractivity contribution in [3.8, 4) is 23.0 Å². The van der Waals surface area contributed by atoms with Crippen molar-refractivity contribution in [2.24, 2.45) is 0 Å². The number of rotatable bonds is 9. The zero-order valence-electron chi connectivity index (χ0n) is 20.1. The summed E-state index contributed by atoms with van der Waals surface area (Å²) < 4.78 is 22.1. The molecule has 3 rings (SSSR count). The molecule has 1 aliphatic heterocycles. The first-order valence-corrected chi connectivity index (χ1v) is 11.3. The number of methoxy groups -OCH3 is 2. The van der Waals surface area contributed by atoms with Crippen LogP contribution in [0.5, 0.6) is 23.0 Å². The minimum atomic E-state index is 0.0576. The van der Waals surface area contributed by atoms with Gasteiger partial charge in [-0.3, -0.25) is 9.69 Å². The third-order valence-corrected chi connectivity index (χ3v) is 5.48. The van der Waals surface area contributed by atoms with E-state index in [4.69, 9.17) is 18.9 Å². The second kappa shape index (κ2) is 11.6. The summed E-state index contributed by atoms with van der Waals surface area (Å²) in [7, 11) is 3.24. The average Bonchev–Trinajstić information content (AvgIpc) is 2.82. The van der Waals surface area contributed by atoms with Crippen molar-refractivity contribution >= 4 is 17.9 Å². The summed E-state index contributed by atoms with van der Waals surface area (Å²) in [5.74, 6) is 2.75. The number of likely N-dealkylation sites (N-methyl/N-ethyl adjacent to an activating group) is 1. The molecule has 1 heterocycles. The van der Waals surface area contributed by atoms with E-state index in [0.29, 0.717) is 49.3 Å². The third kappa shape index (κ3) is 5.96. The van der Waals surface area contributed by atoms with Gasteiger partial charge in [0.1, 0.15) is 0 Å². The Bertz CT molecular complexity index is 961. The van der Waals surface area contributed by atoms with Crippen molar-refractivity contribution in [1.82, 2.24) is 4.90 Å². The number of hydrogen-bond donors (Lipinski definition) is 0. The molecule has 0 spiro atoms. The average molecular weight is 452 g/mol. The zero-order chi connectivity index (χ0) is 23.8. The lowest BCUT2D eigenvalue weighted by molar-refractivity contribution is -0.113. The van der Waals surface area contributed by atoms with Crippen LogP contribution in [0.2, 0.25) is 0 Å². The predicted molar refractivity (Wildman–Crippen MR) is 131 cm³/mol. The molecule has 0 N–H and O–H groups in total. The number of likely N-dealkylation sites (tertiary alicyclic amines) is 1. The number of Topliss-reactive ketones (excluding diaryl/α,β-unsaturated/α-hetero) is 1. The number of benzene rings is 2. The minimum absolute atomic E-state index is 0.0576. The summed E-state index contributed by atoms with van der Waals surface area (Å²) in [6.07, 6.45) is 3.89. The Morgan fingerprint density at radius 2 is 1.21 bits per heavy atom. The molecule has 1 fully saturated rings. The van der Waals surface area contributed by atoms with Gasteiger partial charge in [-0.25, -0.2) is 0 Å². The number of ketones is 1. The Hall–Kier alpha value is -3.25. The highest BCUT2D eigenvalue weighted by Gasteiger charge is 2.25. The standard InChI is InChI=1S/C27H33NO5/c1-6-28-17-21(13-19-9-11-23(30-4)25(15-19)32-7-2)27(29)22(18-28)14-20-10-12-24(31-5)26(16-20)33-8-3/h9-16H,6-8,17-18H2,1-5H3/b21-13+,22-14+. The highest BCUT2D eigenvalue weighted by Crippen LogP contribution is 2.31. The molecule has 33 heavy (non-hydrogen) atoms. The summed E-state index contributed by atoms with van der Waals surface area (Å²) in [5.41, 5.74) is 3.31. The first kappa shape index (κ1) is 24.4. The number of piperidine rings is 1. The van der Waals surface area contributed by atoms with E-state index in [1.54, 1.807) is 14.2 Å².